The van der Waals surface area contributed by atoms with Gasteiger partial charge in [0.25, 0.3) is 0 Å². The molecule has 118 valence electrons. The van der Waals surface area contributed by atoms with E-state index in [0.29, 0.717) is 0 Å². The third-order valence-corrected chi connectivity index (χ3v) is 4.50. The van der Waals surface area contributed by atoms with Crippen molar-refractivity contribution in [2.24, 2.45) is 0 Å². The number of benzene rings is 1. The Labute approximate surface area is 135 Å². The third kappa shape index (κ3) is 2.45. The standard InChI is InChI=1S/C17H20N6/c1-12-3-4-14(9-13(12)2)23-17-15(10-21-23)16(19-11-20-17)22-7-5-18-6-8-22/h3-4,9-11,18H,5-8H2,1-2H3. The molecule has 1 aliphatic heterocycles. The van der Waals surface area contributed by atoms with Gasteiger partial charge in [-0.05, 0) is 37.1 Å². The number of hydrogen-bond acceptors (Lipinski definition) is 5. The van der Waals surface area contributed by atoms with E-state index >= 15 is 0 Å². The largest absolute Gasteiger partial charge is 0.353 e. The van der Waals surface area contributed by atoms with Crippen molar-refractivity contribution in [1.82, 2.24) is 25.1 Å². The van der Waals surface area contributed by atoms with E-state index in [0.717, 1.165) is 48.7 Å². The van der Waals surface area contributed by atoms with Crippen LogP contribution in [0.1, 0.15) is 11.1 Å². The second-order valence-corrected chi connectivity index (χ2v) is 6.00. The van der Waals surface area contributed by atoms with E-state index in [4.69, 9.17) is 0 Å². The molecule has 1 saturated heterocycles. The van der Waals surface area contributed by atoms with Crippen molar-refractivity contribution in [2.75, 3.05) is 31.1 Å². The first-order valence-electron chi connectivity index (χ1n) is 7.96. The van der Waals surface area contributed by atoms with Gasteiger partial charge in [0.2, 0.25) is 0 Å². The predicted molar refractivity (Wildman–Crippen MR) is 91.2 cm³/mol. The Morgan fingerprint density at radius 3 is 2.65 bits per heavy atom. The molecular weight excluding hydrogens is 288 g/mol. The summed E-state index contributed by atoms with van der Waals surface area (Å²) in [6, 6.07) is 6.35. The highest BCUT2D eigenvalue weighted by atomic mass is 15.3. The average Bonchev–Trinajstić information content (AvgIpc) is 3.02. The Balaban J connectivity index is 1.82. The molecule has 1 aliphatic rings. The van der Waals surface area contributed by atoms with Gasteiger partial charge in [0, 0.05) is 26.2 Å². The molecule has 0 aliphatic carbocycles. The molecule has 1 fully saturated rings. The monoisotopic (exact) mass is 308 g/mol. The maximum atomic E-state index is 4.56. The summed E-state index contributed by atoms with van der Waals surface area (Å²) >= 11 is 0. The van der Waals surface area contributed by atoms with E-state index in [1.165, 1.54) is 11.1 Å². The molecule has 0 radical (unpaired) electrons. The van der Waals surface area contributed by atoms with Crippen molar-refractivity contribution < 1.29 is 0 Å². The highest BCUT2D eigenvalue weighted by Crippen LogP contribution is 2.25. The quantitative estimate of drug-likeness (QED) is 0.783. The zero-order valence-corrected chi connectivity index (χ0v) is 13.5. The van der Waals surface area contributed by atoms with Gasteiger partial charge in [0.15, 0.2) is 5.65 Å². The molecule has 3 heterocycles. The van der Waals surface area contributed by atoms with Crippen molar-refractivity contribution in [3.05, 3.63) is 41.9 Å². The third-order valence-electron chi connectivity index (χ3n) is 4.50. The minimum absolute atomic E-state index is 0.858. The number of nitrogens with zero attached hydrogens (tertiary/aromatic N) is 5. The Morgan fingerprint density at radius 1 is 1.04 bits per heavy atom. The maximum absolute atomic E-state index is 4.56. The van der Waals surface area contributed by atoms with Crippen molar-refractivity contribution in [3.8, 4) is 5.69 Å². The normalized spacial score (nSPS) is 15.3. The van der Waals surface area contributed by atoms with E-state index in [-0.39, 0.29) is 0 Å². The number of piperazine rings is 1. The first-order valence-corrected chi connectivity index (χ1v) is 7.96. The molecule has 0 spiro atoms. The Kier molecular flexibility index (Phi) is 3.46. The SMILES string of the molecule is Cc1ccc(-n2ncc3c(N4CCNCC4)ncnc32)cc1C. The van der Waals surface area contributed by atoms with E-state index < -0.39 is 0 Å². The molecule has 0 amide bonds. The fraction of sp³-hybridized carbons (Fsp3) is 0.353. The lowest BCUT2D eigenvalue weighted by Crippen LogP contribution is -2.44. The van der Waals surface area contributed by atoms with Gasteiger partial charge in [-0.2, -0.15) is 5.10 Å². The zero-order chi connectivity index (χ0) is 15.8. The fourth-order valence-electron chi connectivity index (χ4n) is 3.01. The molecule has 1 aromatic carbocycles. The van der Waals surface area contributed by atoms with Crippen LogP contribution in [0.25, 0.3) is 16.7 Å². The second-order valence-electron chi connectivity index (χ2n) is 6.00. The van der Waals surface area contributed by atoms with Crippen LogP contribution in [-0.2, 0) is 0 Å². The van der Waals surface area contributed by atoms with Gasteiger partial charge in [-0.25, -0.2) is 14.6 Å². The van der Waals surface area contributed by atoms with Gasteiger partial charge in [-0.15, -0.1) is 0 Å². The summed E-state index contributed by atoms with van der Waals surface area (Å²) in [6.45, 7) is 8.12. The van der Waals surface area contributed by atoms with Gasteiger partial charge in [0.1, 0.15) is 12.1 Å². The minimum atomic E-state index is 0.858. The predicted octanol–water partition coefficient (Wildman–Crippen LogP) is 1.84. The number of nitrogens with one attached hydrogen (secondary N) is 1. The average molecular weight is 308 g/mol. The zero-order valence-electron chi connectivity index (χ0n) is 13.5. The molecule has 0 bridgehead atoms. The summed E-state index contributed by atoms with van der Waals surface area (Å²) in [5.74, 6) is 0.978. The first kappa shape index (κ1) is 14.1. The van der Waals surface area contributed by atoms with Crippen LogP contribution in [0.15, 0.2) is 30.7 Å². The molecule has 2 aromatic heterocycles. The van der Waals surface area contributed by atoms with Crippen molar-refractivity contribution in [2.45, 2.75) is 13.8 Å². The number of aryl methyl sites for hydroxylation is 2. The van der Waals surface area contributed by atoms with Gasteiger partial charge in [-0.1, -0.05) is 6.07 Å². The number of anilines is 1. The number of hydrogen-bond donors (Lipinski definition) is 1. The van der Waals surface area contributed by atoms with E-state index in [9.17, 15) is 0 Å². The van der Waals surface area contributed by atoms with Crippen LogP contribution in [-0.4, -0.2) is 45.9 Å². The van der Waals surface area contributed by atoms with Crippen LogP contribution >= 0.6 is 0 Å². The fourth-order valence-corrected chi connectivity index (χ4v) is 3.01. The van der Waals surface area contributed by atoms with Gasteiger partial charge < -0.3 is 10.2 Å². The highest BCUT2D eigenvalue weighted by Gasteiger charge is 2.18. The van der Waals surface area contributed by atoms with Crippen molar-refractivity contribution >= 4 is 16.9 Å². The van der Waals surface area contributed by atoms with E-state index in [2.05, 4.69) is 57.3 Å². The minimum Gasteiger partial charge on any atom is -0.353 e. The van der Waals surface area contributed by atoms with Crippen LogP contribution in [0.3, 0.4) is 0 Å². The lowest BCUT2D eigenvalue weighted by atomic mass is 10.1. The molecule has 0 unspecified atom stereocenters. The van der Waals surface area contributed by atoms with Crippen LogP contribution in [0.5, 0.6) is 0 Å². The molecule has 0 saturated carbocycles. The Hall–Kier alpha value is -2.47. The molecule has 1 N–H and O–H groups in total. The molecule has 3 aromatic rings. The second kappa shape index (κ2) is 5.62. The summed E-state index contributed by atoms with van der Waals surface area (Å²) in [7, 11) is 0. The molecule has 23 heavy (non-hydrogen) atoms. The molecule has 4 rings (SSSR count). The summed E-state index contributed by atoms with van der Waals surface area (Å²) in [5, 5.41) is 8.94. The molecule has 6 heteroatoms. The highest BCUT2D eigenvalue weighted by molar-refractivity contribution is 5.87. The van der Waals surface area contributed by atoms with Crippen LogP contribution in [0, 0.1) is 13.8 Å². The lowest BCUT2D eigenvalue weighted by molar-refractivity contribution is 0.586. The Bertz CT molecular complexity index is 847. The van der Waals surface area contributed by atoms with Gasteiger partial charge >= 0.3 is 0 Å². The molecule has 0 atom stereocenters. The van der Waals surface area contributed by atoms with Crippen molar-refractivity contribution in [1.29, 1.82) is 0 Å². The van der Waals surface area contributed by atoms with E-state index in [1.807, 2.05) is 10.9 Å². The lowest BCUT2D eigenvalue weighted by Gasteiger charge is -2.28. The number of rotatable bonds is 2. The number of aromatic nitrogens is 4. The van der Waals surface area contributed by atoms with Gasteiger partial charge in [0.05, 0.1) is 17.3 Å². The van der Waals surface area contributed by atoms with Crippen molar-refractivity contribution in [3.63, 3.8) is 0 Å². The first-order chi connectivity index (χ1) is 11.2. The van der Waals surface area contributed by atoms with Crippen LogP contribution in [0.2, 0.25) is 0 Å². The number of fused-ring (bicyclic) bond motifs is 1. The molecule has 6 nitrogen and oxygen atoms in total. The summed E-state index contributed by atoms with van der Waals surface area (Å²) in [6.07, 6.45) is 3.51. The molecular formula is C17H20N6. The van der Waals surface area contributed by atoms with Gasteiger partial charge in [-0.3, -0.25) is 0 Å². The van der Waals surface area contributed by atoms with E-state index in [1.54, 1.807) is 6.33 Å². The topological polar surface area (TPSA) is 58.9 Å². The smallest absolute Gasteiger partial charge is 0.168 e. The Morgan fingerprint density at radius 2 is 1.87 bits per heavy atom. The van der Waals surface area contributed by atoms with Crippen LogP contribution in [0.4, 0.5) is 5.82 Å². The van der Waals surface area contributed by atoms with Crippen LogP contribution < -0.4 is 10.2 Å². The summed E-state index contributed by atoms with van der Waals surface area (Å²) in [5.41, 5.74) is 4.42. The summed E-state index contributed by atoms with van der Waals surface area (Å²) in [4.78, 5) is 11.3. The maximum Gasteiger partial charge on any atom is 0.168 e. The summed E-state index contributed by atoms with van der Waals surface area (Å²) < 4.78 is 1.90.